The number of allylic oxidation sites excluding steroid dienone is 1. The van der Waals surface area contributed by atoms with Crippen molar-refractivity contribution in [2.24, 2.45) is 52.3 Å². The predicted octanol–water partition coefficient (Wildman–Crippen LogP) is 6.61. The van der Waals surface area contributed by atoms with Gasteiger partial charge in [0.05, 0.1) is 12.2 Å². The summed E-state index contributed by atoms with van der Waals surface area (Å²) in [6.45, 7) is 14.5. The molecule has 10 unspecified atom stereocenters. The summed E-state index contributed by atoms with van der Waals surface area (Å²) in [6.07, 6.45) is 12.5. The van der Waals surface area contributed by atoms with Gasteiger partial charge in [0.2, 0.25) is 0 Å². The number of aliphatic hydroxyl groups is 2. The monoisotopic (exact) mass is 416 g/mol. The van der Waals surface area contributed by atoms with Crippen LogP contribution in [0.5, 0.6) is 0 Å². The van der Waals surface area contributed by atoms with Crippen LogP contribution in [-0.2, 0) is 0 Å². The van der Waals surface area contributed by atoms with Crippen LogP contribution in [0.4, 0.5) is 0 Å². The van der Waals surface area contributed by atoms with Crippen molar-refractivity contribution in [3.05, 3.63) is 11.6 Å². The van der Waals surface area contributed by atoms with Crippen molar-refractivity contribution in [3.63, 3.8) is 0 Å². The van der Waals surface area contributed by atoms with Gasteiger partial charge in [-0.05, 0) is 97.2 Å². The molecule has 0 heterocycles. The first-order valence-corrected chi connectivity index (χ1v) is 13.1. The quantitative estimate of drug-likeness (QED) is 0.495. The Hall–Kier alpha value is -0.340. The van der Waals surface area contributed by atoms with Gasteiger partial charge in [-0.2, -0.15) is 0 Å². The van der Waals surface area contributed by atoms with E-state index in [1.54, 1.807) is 0 Å². The SMILES string of the molecule is CC(C)C(C)CCC(C)C1CCC2C3CC=C4CC(O)CCC4(C)C3CC(O)C12C. The number of hydrogen-bond donors (Lipinski definition) is 2. The molecular formula is C28H48O2. The van der Waals surface area contributed by atoms with Crippen LogP contribution in [0.2, 0.25) is 0 Å². The normalized spacial score (nSPS) is 47.8. The summed E-state index contributed by atoms with van der Waals surface area (Å²) in [4.78, 5) is 0. The molecule has 4 aliphatic rings. The Morgan fingerprint density at radius 1 is 1.00 bits per heavy atom. The van der Waals surface area contributed by atoms with Crippen molar-refractivity contribution < 1.29 is 10.2 Å². The second-order valence-electron chi connectivity index (χ2n) is 12.7. The summed E-state index contributed by atoms with van der Waals surface area (Å²) in [7, 11) is 0. The molecule has 10 atom stereocenters. The fraction of sp³-hybridized carbons (Fsp3) is 0.929. The lowest BCUT2D eigenvalue weighted by Gasteiger charge is -2.60. The molecule has 0 radical (unpaired) electrons. The molecule has 3 saturated carbocycles. The van der Waals surface area contributed by atoms with Gasteiger partial charge in [-0.15, -0.1) is 0 Å². The maximum Gasteiger partial charge on any atom is 0.0602 e. The Balaban J connectivity index is 1.54. The molecular weight excluding hydrogens is 368 g/mol. The molecule has 30 heavy (non-hydrogen) atoms. The minimum Gasteiger partial charge on any atom is -0.393 e. The number of hydrogen-bond acceptors (Lipinski definition) is 2. The van der Waals surface area contributed by atoms with E-state index in [9.17, 15) is 10.2 Å². The Bertz CT molecular complexity index is 653. The third-order valence-electron chi connectivity index (χ3n) is 11.2. The van der Waals surface area contributed by atoms with Gasteiger partial charge in [-0.25, -0.2) is 0 Å². The largest absolute Gasteiger partial charge is 0.393 e. The number of fused-ring (bicyclic) bond motifs is 5. The molecule has 3 fully saturated rings. The third kappa shape index (κ3) is 3.53. The van der Waals surface area contributed by atoms with Crippen molar-refractivity contribution in [1.82, 2.24) is 0 Å². The number of aliphatic hydroxyl groups excluding tert-OH is 2. The second kappa shape index (κ2) is 8.22. The summed E-state index contributed by atoms with van der Waals surface area (Å²) in [5.74, 6) is 4.95. The molecule has 0 aromatic heterocycles. The topological polar surface area (TPSA) is 40.5 Å². The van der Waals surface area contributed by atoms with E-state index in [0.717, 1.165) is 43.4 Å². The zero-order valence-electron chi connectivity index (χ0n) is 20.5. The summed E-state index contributed by atoms with van der Waals surface area (Å²) >= 11 is 0. The standard InChI is InChI=1S/C28H48O2/c1-17(2)18(3)7-8-19(4)23-11-12-24-22-10-9-20-15-21(29)13-14-27(20,5)25(22)16-26(30)28(23,24)6/h9,17-19,21-26,29-30H,7-8,10-16H2,1-6H3. The average Bonchev–Trinajstić information content (AvgIpc) is 3.06. The summed E-state index contributed by atoms with van der Waals surface area (Å²) < 4.78 is 0. The maximum atomic E-state index is 11.7. The minimum atomic E-state index is -0.163. The van der Waals surface area contributed by atoms with E-state index >= 15 is 0 Å². The van der Waals surface area contributed by atoms with E-state index in [1.807, 2.05) is 0 Å². The molecule has 172 valence electrons. The van der Waals surface area contributed by atoms with E-state index < -0.39 is 0 Å². The summed E-state index contributed by atoms with van der Waals surface area (Å²) in [6, 6.07) is 0. The Morgan fingerprint density at radius 3 is 2.43 bits per heavy atom. The number of rotatable bonds is 5. The highest BCUT2D eigenvalue weighted by Gasteiger charge is 2.62. The van der Waals surface area contributed by atoms with Crippen LogP contribution >= 0.6 is 0 Å². The van der Waals surface area contributed by atoms with E-state index in [0.29, 0.717) is 23.7 Å². The van der Waals surface area contributed by atoms with Crippen LogP contribution in [0.3, 0.4) is 0 Å². The molecule has 0 amide bonds. The van der Waals surface area contributed by atoms with Crippen LogP contribution < -0.4 is 0 Å². The molecule has 0 bridgehead atoms. The maximum absolute atomic E-state index is 11.7. The molecule has 4 aliphatic carbocycles. The predicted molar refractivity (Wildman–Crippen MR) is 125 cm³/mol. The molecule has 2 nitrogen and oxygen atoms in total. The van der Waals surface area contributed by atoms with E-state index in [4.69, 9.17) is 0 Å². The second-order valence-corrected chi connectivity index (χ2v) is 12.7. The zero-order valence-corrected chi connectivity index (χ0v) is 20.5. The molecule has 0 aromatic carbocycles. The van der Waals surface area contributed by atoms with Crippen LogP contribution in [0.1, 0.15) is 99.3 Å². The fourth-order valence-corrected chi connectivity index (χ4v) is 8.63. The van der Waals surface area contributed by atoms with Crippen LogP contribution in [0, 0.1) is 52.3 Å². The highest BCUT2D eigenvalue weighted by atomic mass is 16.3. The van der Waals surface area contributed by atoms with Crippen molar-refractivity contribution in [3.8, 4) is 0 Å². The molecule has 0 spiro atoms. The van der Waals surface area contributed by atoms with Gasteiger partial charge in [-0.1, -0.05) is 66.0 Å². The first-order valence-electron chi connectivity index (χ1n) is 13.1. The third-order valence-corrected chi connectivity index (χ3v) is 11.2. The molecule has 2 heteroatoms. The van der Waals surface area contributed by atoms with Gasteiger partial charge in [0.25, 0.3) is 0 Å². The smallest absolute Gasteiger partial charge is 0.0602 e. The highest BCUT2D eigenvalue weighted by Crippen LogP contribution is 2.67. The van der Waals surface area contributed by atoms with E-state index in [-0.39, 0.29) is 23.0 Å². The Morgan fingerprint density at radius 2 is 1.73 bits per heavy atom. The van der Waals surface area contributed by atoms with Crippen molar-refractivity contribution in [2.45, 2.75) is 112 Å². The molecule has 0 aliphatic heterocycles. The first-order chi connectivity index (χ1) is 14.1. The lowest BCUT2D eigenvalue weighted by molar-refractivity contribution is -0.136. The average molecular weight is 417 g/mol. The van der Waals surface area contributed by atoms with Crippen molar-refractivity contribution >= 4 is 0 Å². The molecule has 0 aromatic rings. The first kappa shape index (κ1) is 22.8. The van der Waals surface area contributed by atoms with Gasteiger partial charge in [0.1, 0.15) is 0 Å². The molecule has 2 N–H and O–H groups in total. The molecule has 4 rings (SSSR count). The van der Waals surface area contributed by atoms with Gasteiger partial charge in [-0.3, -0.25) is 0 Å². The molecule has 0 saturated heterocycles. The lowest BCUT2D eigenvalue weighted by Crippen LogP contribution is -2.56. The van der Waals surface area contributed by atoms with Crippen molar-refractivity contribution in [1.29, 1.82) is 0 Å². The van der Waals surface area contributed by atoms with Crippen LogP contribution in [-0.4, -0.2) is 22.4 Å². The fourth-order valence-electron chi connectivity index (χ4n) is 8.63. The van der Waals surface area contributed by atoms with E-state index in [1.165, 1.54) is 37.7 Å². The van der Waals surface area contributed by atoms with Gasteiger partial charge < -0.3 is 10.2 Å². The van der Waals surface area contributed by atoms with Crippen LogP contribution in [0.25, 0.3) is 0 Å². The van der Waals surface area contributed by atoms with Gasteiger partial charge in [0.15, 0.2) is 0 Å². The minimum absolute atomic E-state index is 0.0948. The van der Waals surface area contributed by atoms with Gasteiger partial charge >= 0.3 is 0 Å². The van der Waals surface area contributed by atoms with E-state index in [2.05, 4.69) is 47.6 Å². The zero-order chi connectivity index (χ0) is 21.8. The summed E-state index contributed by atoms with van der Waals surface area (Å²) in [5.41, 5.74) is 1.81. The Labute approximate surface area is 185 Å². The van der Waals surface area contributed by atoms with Crippen molar-refractivity contribution in [2.75, 3.05) is 0 Å². The summed E-state index contributed by atoms with van der Waals surface area (Å²) in [5, 5.41) is 21.9. The highest BCUT2D eigenvalue weighted by molar-refractivity contribution is 5.26. The lowest BCUT2D eigenvalue weighted by atomic mass is 9.46. The Kier molecular flexibility index (Phi) is 6.26. The van der Waals surface area contributed by atoms with Gasteiger partial charge in [0, 0.05) is 0 Å². The van der Waals surface area contributed by atoms with Crippen LogP contribution in [0.15, 0.2) is 11.6 Å².